The van der Waals surface area contributed by atoms with Gasteiger partial charge in [0.1, 0.15) is 5.38 Å². The van der Waals surface area contributed by atoms with Crippen LogP contribution in [0.2, 0.25) is 0 Å². The van der Waals surface area contributed by atoms with Gasteiger partial charge in [-0.1, -0.05) is 87.5 Å². The minimum absolute atomic E-state index is 0.140. The summed E-state index contributed by atoms with van der Waals surface area (Å²) in [7, 11) is -4.41. The first-order valence-corrected chi connectivity index (χ1v) is 12.4. The van der Waals surface area contributed by atoms with E-state index in [2.05, 4.69) is 4.72 Å². The van der Waals surface area contributed by atoms with Crippen molar-refractivity contribution in [3.8, 4) is 0 Å². The van der Waals surface area contributed by atoms with Gasteiger partial charge in [0, 0.05) is 11.6 Å². The van der Waals surface area contributed by atoms with Crippen molar-refractivity contribution in [2.45, 2.75) is 42.5 Å². The Bertz CT molecular complexity index is 1290. The van der Waals surface area contributed by atoms with Gasteiger partial charge in [0.25, 0.3) is 5.69 Å². The summed E-state index contributed by atoms with van der Waals surface area (Å²) in [5, 5.41) is 10.1. The van der Waals surface area contributed by atoms with E-state index in [1.165, 1.54) is 12.1 Å². The summed E-state index contributed by atoms with van der Waals surface area (Å²) in [6, 6.07) is 19.2. The zero-order valence-corrected chi connectivity index (χ0v) is 20.5. The molecule has 0 heterocycles. The highest BCUT2D eigenvalue weighted by Gasteiger charge is 2.35. The summed E-state index contributed by atoms with van der Waals surface area (Å²) < 4.78 is 28.9. The maximum Gasteiger partial charge on any atom is 0.289 e. The Balaban J connectivity index is 2.06. The number of carbonyl (C=O) groups is 1. The zero-order chi connectivity index (χ0) is 25.1. The molecule has 0 aliphatic heterocycles. The fourth-order valence-corrected chi connectivity index (χ4v) is 5.28. The highest BCUT2D eigenvalue weighted by atomic mass is 35.5. The minimum Gasteiger partial charge on any atom is -0.292 e. The molecule has 0 saturated carbocycles. The van der Waals surface area contributed by atoms with E-state index in [1.807, 2.05) is 32.9 Å². The average molecular weight is 501 g/mol. The molecule has 7 nitrogen and oxygen atoms in total. The number of sulfonamides is 1. The molecule has 3 aromatic carbocycles. The Morgan fingerprint density at radius 2 is 1.50 bits per heavy atom. The molecule has 0 fully saturated rings. The number of ketones is 1. The van der Waals surface area contributed by atoms with Crippen molar-refractivity contribution in [3.05, 3.63) is 106 Å². The first kappa shape index (κ1) is 25.6. The maximum absolute atomic E-state index is 13.2. The molecule has 34 heavy (non-hydrogen) atoms. The fourth-order valence-electron chi connectivity index (χ4n) is 3.47. The third kappa shape index (κ3) is 5.70. The lowest BCUT2D eigenvalue weighted by molar-refractivity contribution is -0.387. The van der Waals surface area contributed by atoms with Gasteiger partial charge in [-0.15, -0.1) is 11.6 Å². The van der Waals surface area contributed by atoms with E-state index >= 15 is 0 Å². The molecule has 9 heteroatoms. The Morgan fingerprint density at radius 1 is 0.941 bits per heavy atom. The van der Waals surface area contributed by atoms with Gasteiger partial charge in [-0.05, 0) is 22.6 Å². The fraction of sp³-hybridized carbons (Fsp3) is 0.240. The Labute approximate surface area is 204 Å². The van der Waals surface area contributed by atoms with E-state index in [0.717, 1.165) is 17.7 Å². The molecule has 0 aliphatic rings. The molecule has 3 rings (SSSR count). The molecule has 2 atom stereocenters. The number of para-hydroxylation sites is 1. The van der Waals surface area contributed by atoms with E-state index in [1.54, 1.807) is 42.5 Å². The van der Waals surface area contributed by atoms with Crippen LogP contribution in [0.5, 0.6) is 0 Å². The summed E-state index contributed by atoms with van der Waals surface area (Å²) >= 11 is 6.58. The van der Waals surface area contributed by atoms with Crippen molar-refractivity contribution in [2.75, 3.05) is 0 Å². The summed E-state index contributed by atoms with van der Waals surface area (Å²) in [6.45, 7) is 6.13. The van der Waals surface area contributed by atoms with Crippen LogP contribution < -0.4 is 4.72 Å². The van der Waals surface area contributed by atoms with Crippen molar-refractivity contribution in [2.24, 2.45) is 0 Å². The predicted molar refractivity (Wildman–Crippen MR) is 132 cm³/mol. The molecule has 0 saturated heterocycles. The molecular weight excluding hydrogens is 476 g/mol. The predicted octanol–water partition coefficient (Wildman–Crippen LogP) is 5.40. The maximum atomic E-state index is 13.2. The van der Waals surface area contributed by atoms with Crippen molar-refractivity contribution in [3.63, 3.8) is 0 Å². The zero-order valence-electron chi connectivity index (χ0n) is 18.9. The number of nitrogens with one attached hydrogen (secondary N) is 1. The van der Waals surface area contributed by atoms with Gasteiger partial charge in [0.05, 0.1) is 11.0 Å². The van der Waals surface area contributed by atoms with Gasteiger partial charge < -0.3 is 0 Å². The van der Waals surface area contributed by atoms with Crippen molar-refractivity contribution < 1.29 is 18.1 Å². The minimum atomic E-state index is -4.41. The number of halogens is 1. The van der Waals surface area contributed by atoms with Crippen LogP contribution in [0.3, 0.4) is 0 Å². The number of rotatable bonds is 8. The summed E-state index contributed by atoms with van der Waals surface area (Å²) in [6.07, 6.45) is 0. The summed E-state index contributed by atoms with van der Waals surface area (Å²) in [5.41, 5.74) is 1.08. The number of nitrogens with zero attached hydrogens (tertiary/aromatic N) is 1. The Kier molecular flexibility index (Phi) is 7.55. The van der Waals surface area contributed by atoms with Gasteiger partial charge in [-0.2, -0.15) is 0 Å². The van der Waals surface area contributed by atoms with Crippen LogP contribution in [0.1, 0.15) is 48.3 Å². The number of nitro benzene ring substituents is 1. The van der Waals surface area contributed by atoms with Crippen LogP contribution in [0.4, 0.5) is 5.69 Å². The molecule has 0 spiro atoms. The van der Waals surface area contributed by atoms with Crippen molar-refractivity contribution in [1.29, 1.82) is 0 Å². The number of Topliss-reactive ketones (excluding diaryl/α,β-unsaturated/α-hetero) is 1. The first-order valence-electron chi connectivity index (χ1n) is 10.5. The second kappa shape index (κ2) is 10.0. The van der Waals surface area contributed by atoms with Crippen LogP contribution in [-0.2, 0) is 15.4 Å². The highest BCUT2D eigenvalue weighted by molar-refractivity contribution is 7.89. The second-order valence-electron chi connectivity index (χ2n) is 8.83. The molecule has 1 N–H and O–H groups in total. The van der Waals surface area contributed by atoms with Gasteiger partial charge in [0.15, 0.2) is 10.7 Å². The Hall–Kier alpha value is -3.07. The second-order valence-corrected chi connectivity index (χ2v) is 11.0. The van der Waals surface area contributed by atoms with E-state index in [9.17, 15) is 23.3 Å². The standard InChI is InChI=1S/C25H25ClN2O5S/c1-25(2,3)19-15-13-17(14-16-19)23(22(26)24(29)18-9-5-4-6-10-18)27-34(32,33)21-12-8-7-11-20(21)28(30)31/h4-16,22-23,27H,1-3H3/t22-,23-/m0/s1. The number of hydrogen-bond donors (Lipinski definition) is 1. The van der Waals surface area contributed by atoms with E-state index in [4.69, 9.17) is 11.6 Å². The normalized spacial score (nSPS) is 13.8. The van der Waals surface area contributed by atoms with E-state index in [-0.39, 0.29) is 5.41 Å². The molecule has 0 amide bonds. The number of hydrogen-bond acceptors (Lipinski definition) is 5. The van der Waals surface area contributed by atoms with Crippen molar-refractivity contribution >= 4 is 33.1 Å². The lowest BCUT2D eigenvalue weighted by Crippen LogP contribution is -2.38. The highest BCUT2D eigenvalue weighted by Crippen LogP contribution is 2.31. The molecule has 0 aliphatic carbocycles. The number of nitro groups is 1. The molecule has 0 bridgehead atoms. The molecule has 178 valence electrons. The third-order valence-electron chi connectivity index (χ3n) is 5.37. The topological polar surface area (TPSA) is 106 Å². The molecule has 3 aromatic rings. The average Bonchev–Trinajstić information content (AvgIpc) is 2.81. The van der Waals surface area contributed by atoms with Crippen LogP contribution in [0.25, 0.3) is 0 Å². The molecular formula is C25H25ClN2O5S. The molecule has 0 aromatic heterocycles. The summed E-state index contributed by atoms with van der Waals surface area (Å²) in [5.74, 6) is -0.475. The first-order chi connectivity index (χ1) is 15.9. The van der Waals surface area contributed by atoms with Crippen LogP contribution in [0.15, 0.2) is 83.8 Å². The monoisotopic (exact) mass is 500 g/mol. The van der Waals surface area contributed by atoms with Crippen LogP contribution >= 0.6 is 11.6 Å². The lowest BCUT2D eigenvalue weighted by atomic mass is 9.86. The number of carbonyl (C=O) groups excluding carboxylic acids is 1. The van der Waals surface area contributed by atoms with E-state index < -0.39 is 42.7 Å². The number of benzene rings is 3. The largest absolute Gasteiger partial charge is 0.292 e. The van der Waals surface area contributed by atoms with Crippen molar-refractivity contribution in [1.82, 2.24) is 4.72 Å². The quantitative estimate of drug-likeness (QED) is 0.193. The smallest absolute Gasteiger partial charge is 0.289 e. The van der Waals surface area contributed by atoms with Gasteiger partial charge >= 0.3 is 0 Å². The summed E-state index contributed by atoms with van der Waals surface area (Å²) in [4.78, 5) is 23.2. The molecule has 0 unspecified atom stereocenters. The van der Waals surface area contributed by atoms with Gasteiger partial charge in [-0.25, -0.2) is 13.1 Å². The van der Waals surface area contributed by atoms with Crippen LogP contribution in [-0.4, -0.2) is 24.5 Å². The van der Waals surface area contributed by atoms with Gasteiger partial charge in [-0.3, -0.25) is 14.9 Å². The SMILES string of the molecule is CC(C)(C)c1ccc([C@H](NS(=O)(=O)c2ccccc2[N+](=O)[O-])[C@H](Cl)C(=O)c2ccccc2)cc1. The lowest BCUT2D eigenvalue weighted by Gasteiger charge is -2.25. The third-order valence-corrected chi connectivity index (χ3v) is 7.31. The van der Waals surface area contributed by atoms with Gasteiger partial charge in [0.2, 0.25) is 10.0 Å². The molecule has 0 radical (unpaired) electrons. The number of alkyl halides is 1. The van der Waals surface area contributed by atoms with Crippen LogP contribution in [0, 0.1) is 10.1 Å². The van der Waals surface area contributed by atoms with E-state index in [0.29, 0.717) is 11.1 Å². The Morgan fingerprint density at radius 3 is 2.06 bits per heavy atom.